The Hall–Kier alpha value is -0.650. The molecule has 4 saturated heterocycles. The van der Waals surface area contributed by atoms with E-state index in [-0.39, 0.29) is 12.0 Å². The largest absolute Gasteiger partial charge is 0.378 e. The molecule has 22 heavy (non-hydrogen) atoms. The molecule has 5 nitrogen and oxygen atoms in total. The summed E-state index contributed by atoms with van der Waals surface area (Å²) in [6.07, 6.45) is 5.53. The quantitative estimate of drug-likeness (QED) is 0.767. The van der Waals surface area contributed by atoms with E-state index in [1.807, 2.05) is 0 Å². The third kappa shape index (κ3) is 2.13. The lowest BCUT2D eigenvalue weighted by atomic mass is 9.67. The number of rotatable bonds is 2. The lowest BCUT2D eigenvalue weighted by Gasteiger charge is -2.59. The van der Waals surface area contributed by atoms with Crippen LogP contribution in [0.15, 0.2) is 0 Å². The molecule has 0 aromatic rings. The lowest BCUT2D eigenvalue weighted by Crippen LogP contribution is -2.70. The van der Waals surface area contributed by atoms with Gasteiger partial charge in [-0.2, -0.15) is 0 Å². The molecule has 5 heteroatoms. The second-order valence-electron chi connectivity index (χ2n) is 7.46. The molecule has 0 spiro atoms. The Morgan fingerprint density at radius 2 is 1.86 bits per heavy atom. The molecule has 1 amide bonds. The maximum absolute atomic E-state index is 12.9. The minimum Gasteiger partial charge on any atom is -0.378 e. The van der Waals surface area contributed by atoms with Gasteiger partial charge in [-0.25, -0.2) is 0 Å². The van der Waals surface area contributed by atoms with Gasteiger partial charge in [0.2, 0.25) is 0 Å². The molecule has 0 aliphatic carbocycles. The molecule has 4 aliphatic heterocycles. The average molecular weight is 308 g/mol. The van der Waals surface area contributed by atoms with E-state index < -0.39 is 6.10 Å². The van der Waals surface area contributed by atoms with Gasteiger partial charge in [0, 0.05) is 32.8 Å². The number of hydrogen-bond acceptors (Lipinski definition) is 4. The monoisotopic (exact) mass is 308 g/mol. The summed E-state index contributed by atoms with van der Waals surface area (Å²) in [5.41, 5.74) is 0. The first kappa shape index (κ1) is 14.9. The average Bonchev–Trinajstić information content (AvgIpc) is 2.56. The SMILES string of the molecule is COC1C[C@@H]2[C@H]3CCCN4CCC[C@@H](CN2C(=O)C1OC)[C@@H]34. The van der Waals surface area contributed by atoms with Crippen LogP contribution in [0.25, 0.3) is 0 Å². The maximum Gasteiger partial charge on any atom is 0.254 e. The van der Waals surface area contributed by atoms with Gasteiger partial charge in [-0.15, -0.1) is 0 Å². The fourth-order valence-corrected chi connectivity index (χ4v) is 5.71. The van der Waals surface area contributed by atoms with Crippen LogP contribution in [0.1, 0.15) is 32.1 Å². The first-order valence-corrected chi connectivity index (χ1v) is 8.84. The van der Waals surface area contributed by atoms with Crippen LogP contribution >= 0.6 is 0 Å². The van der Waals surface area contributed by atoms with E-state index in [9.17, 15) is 4.79 Å². The molecule has 6 atom stereocenters. The first-order chi connectivity index (χ1) is 10.7. The summed E-state index contributed by atoms with van der Waals surface area (Å²) in [5.74, 6) is 1.45. The van der Waals surface area contributed by atoms with E-state index >= 15 is 0 Å². The molecule has 124 valence electrons. The number of fused-ring (bicyclic) bond motifs is 2. The number of nitrogens with zero attached hydrogens (tertiary/aromatic N) is 2. The van der Waals surface area contributed by atoms with Gasteiger partial charge in [-0.05, 0) is 57.0 Å². The van der Waals surface area contributed by atoms with Gasteiger partial charge in [0.25, 0.3) is 5.91 Å². The Labute approximate surface area is 132 Å². The molecule has 0 aromatic carbocycles. The van der Waals surface area contributed by atoms with E-state index in [0.717, 1.165) is 13.0 Å². The molecular formula is C17H28N2O3. The predicted molar refractivity (Wildman–Crippen MR) is 82.5 cm³/mol. The highest BCUT2D eigenvalue weighted by Crippen LogP contribution is 2.45. The first-order valence-electron chi connectivity index (χ1n) is 8.84. The summed E-state index contributed by atoms with van der Waals surface area (Å²) in [6, 6.07) is 1.05. The predicted octanol–water partition coefficient (Wildman–Crippen LogP) is 1.12. The highest BCUT2D eigenvalue weighted by atomic mass is 16.5. The zero-order chi connectivity index (χ0) is 15.3. The van der Waals surface area contributed by atoms with E-state index in [1.165, 1.54) is 38.8 Å². The van der Waals surface area contributed by atoms with Gasteiger partial charge in [-0.1, -0.05) is 0 Å². The highest BCUT2D eigenvalue weighted by molar-refractivity contribution is 5.83. The molecule has 2 unspecified atom stereocenters. The standard InChI is InChI=1S/C17H28N2O3/c1-21-14-9-13-12-6-4-8-18-7-3-5-11(15(12)18)10-19(13)17(20)16(14)22-2/h11-16H,3-10H2,1-2H3/t11-,12+,13+,14?,15-,16?/m0/s1. The molecule has 0 N–H and O–H groups in total. The highest BCUT2D eigenvalue weighted by Gasteiger charge is 2.54. The van der Waals surface area contributed by atoms with Crippen molar-refractivity contribution in [1.82, 2.24) is 9.80 Å². The smallest absolute Gasteiger partial charge is 0.254 e. The third-order valence-electron chi connectivity index (χ3n) is 6.57. The van der Waals surface area contributed by atoms with Gasteiger partial charge in [0.05, 0.1) is 6.10 Å². The number of carbonyl (C=O) groups excluding carboxylic acids is 1. The number of carbonyl (C=O) groups is 1. The molecule has 0 saturated carbocycles. The van der Waals surface area contributed by atoms with Crippen molar-refractivity contribution in [2.45, 2.75) is 56.4 Å². The van der Waals surface area contributed by atoms with Crippen LogP contribution in [0.2, 0.25) is 0 Å². The number of methoxy groups -OCH3 is 2. The normalized spacial score (nSPS) is 45.4. The third-order valence-corrected chi connectivity index (χ3v) is 6.57. The topological polar surface area (TPSA) is 42.0 Å². The summed E-state index contributed by atoms with van der Waals surface area (Å²) in [6.45, 7) is 3.44. The maximum atomic E-state index is 12.9. The fraction of sp³-hybridized carbons (Fsp3) is 0.941. The van der Waals surface area contributed by atoms with E-state index in [4.69, 9.17) is 9.47 Å². The fourth-order valence-electron chi connectivity index (χ4n) is 5.71. The number of amides is 1. The van der Waals surface area contributed by atoms with Crippen LogP contribution in [-0.2, 0) is 14.3 Å². The zero-order valence-electron chi connectivity index (χ0n) is 13.7. The Morgan fingerprint density at radius 3 is 2.59 bits per heavy atom. The van der Waals surface area contributed by atoms with Crippen LogP contribution in [0, 0.1) is 11.8 Å². The molecule has 0 bridgehead atoms. The van der Waals surface area contributed by atoms with Crippen LogP contribution in [0.3, 0.4) is 0 Å². The van der Waals surface area contributed by atoms with Crippen molar-refractivity contribution in [3.63, 3.8) is 0 Å². The number of hydrogen-bond donors (Lipinski definition) is 0. The number of piperidine rings is 4. The number of ether oxygens (including phenoxy) is 2. The van der Waals surface area contributed by atoms with Crippen molar-refractivity contribution in [2.24, 2.45) is 11.8 Å². The van der Waals surface area contributed by atoms with Crippen molar-refractivity contribution in [2.75, 3.05) is 33.9 Å². The molecule has 4 aliphatic rings. The van der Waals surface area contributed by atoms with Crippen LogP contribution in [0.5, 0.6) is 0 Å². The zero-order valence-corrected chi connectivity index (χ0v) is 13.7. The molecule has 4 fully saturated rings. The van der Waals surface area contributed by atoms with Gasteiger partial charge in [-0.3, -0.25) is 9.69 Å². The van der Waals surface area contributed by atoms with Gasteiger partial charge < -0.3 is 14.4 Å². The van der Waals surface area contributed by atoms with Crippen molar-refractivity contribution in [3.05, 3.63) is 0 Å². The Balaban J connectivity index is 1.64. The minimum absolute atomic E-state index is 0.0886. The minimum atomic E-state index is -0.416. The molecule has 4 rings (SSSR count). The Morgan fingerprint density at radius 1 is 1.09 bits per heavy atom. The van der Waals surface area contributed by atoms with Crippen molar-refractivity contribution in [1.29, 1.82) is 0 Å². The van der Waals surface area contributed by atoms with Crippen molar-refractivity contribution in [3.8, 4) is 0 Å². The van der Waals surface area contributed by atoms with Crippen LogP contribution in [0.4, 0.5) is 0 Å². The molecular weight excluding hydrogens is 280 g/mol. The summed E-state index contributed by atoms with van der Waals surface area (Å²) in [4.78, 5) is 17.8. The van der Waals surface area contributed by atoms with Crippen molar-refractivity contribution >= 4 is 5.91 Å². The second kappa shape index (κ2) is 5.77. The molecule has 0 radical (unpaired) electrons. The van der Waals surface area contributed by atoms with Crippen LogP contribution < -0.4 is 0 Å². The molecule has 0 aromatic heterocycles. The lowest BCUT2D eigenvalue weighted by molar-refractivity contribution is -0.180. The summed E-state index contributed by atoms with van der Waals surface area (Å²) < 4.78 is 11.1. The molecule has 4 heterocycles. The summed E-state index contributed by atoms with van der Waals surface area (Å²) >= 11 is 0. The Bertz CT molecular complexity index is 442. The van der Waals surface area contributed by atoms with Gasteiger partial charge >= 0.3 is 0 Å². The van der Waals surface area contributed by atoms with E-state index in [1.54, 1.807) is 14.2 Å². The Kier molecular flexibility index (Phi) is 3.91. The van der Waals surface area contributed by atoms with Crippen LogP contribution in [-0.4, -0.2) is 73.9 Å². The summed E-state index contributed by atoms with van der Waals surface area (Å²) in [7, 11) is 3.34. The van der Waals surface area contributed by atoms with Gasteiger partial charge in [0.1, 0.15) is 0 Å². The van der Waals surface area contributed by atoms with Crippen molar-refractivity contribution < 1.29 is 14.3 Å². The second-order valence-corrected chi connectivity index (χ2v) is 7.46. The van der Waals surface area contributed by atoms with E-state index in [2.05, 4.69) is 9.80 Å². The van der Waals surface area contributed by atoms with Gasteiger partial charge in [0.15, 0.2) is 6.10 Å². The van der Waals surface area contributed by atoms with E-state index in [0.29, 0.717) is 23.9 Å². The summed E-state index contributed by atoms with van der Waals surface area (Å²) in [5, 5.41) is 0.